The first kappa shape index (κ1) is 12.5. The fraction of sp³-hybridized carbons (Fsp3) is 0.222. The van der Waals surface area contributed by atoms with Crippen LogP contribution in [-0.2, 0) is 0 Å². The number of hydrogen-bond acceptors (Lipinski definition) is 1. The molecule has 2 heteroatoms. The first-order valence-electron chi connectivity index (χ1n) is 7.12. The summed E-state index contributed by atoms with van der Waals surface area (Å²) >= 11 is 2.49. The van der Waals surface area contributed by atoms with Crippen LogP contribution < -0.4 is 10.4 Å². The molecule has 1 aromatic carbocycles. The molecule has 2 aliphatic rings. The first-order valence-corrected chi connectivity index (χ1v) is 8.20. The Bertz CT molecular complexity index is 865. The second-order valence-electron chi connectivity index (χ2n) is 5.30. The smallest absolute Gasteiger partial charge is 0.143 e. The van der Waals surface area contributed by atoms with Gasteiger partial charge in [0, 0.05) is 14.5 Å². The van der Waals surface area contributed by atoms with Gasteiger partial charge in [-0.1, -0.05) is 30.4 Å². The lowest BCUT2D eigenvalue weighted by atomic mass is 9.94. The predicted molar refractivity (Wildman–Crippen MR) is 92.7 cm³/mol. The van der Waals surface area contributed by atoms with Crippen LogP contribution in [0.3, 0.4) is 0 Å². The second kappa shape index (κ2) is 4.92. The quantitative estimate of drug-likeness (QED) is 0.685. The lowest BCUT2D eigenvalue weighted by Gasteiger charge is -2.13. The van der Waals surface area contributed by atoms with E-state index in [1.807, 2.05) is 6.26 Å². The van der Waals surface area contributed by atoms with Crippen molar-refractivity contribution in [2.24, 2.45) is 0 Å². The van der Waals surface area contributed by atoms with E-state index in [2.05, 4.69) is 59.0 Å². The van der Waals surface area contributed by atoms with Crippen LogP contribution in [-0.4, -0.2) is 0 Å². The lowest BCUT2D eigenvalue weighted by Crippen LogP contribution is -2.31. The fourth-order valence-electron chi connectivity index (χ4n) is 3.14. The van der Waals surface area contributed by atoms with Crippen LogP contribution in [0.2, 0.25) is 0 Å². The molecule has 0 saturated carbocycles. The maximum Gasteiger partial charge on any atom is 0.143 e. The molecule has 0 spiro atoms. The number of furan rings is 1. The molecule has 2 aromatic rings. The molecular formula is C18H15IO. The van der Waals surface area contributed by atoms with E-state index in [-0.39, 0.29) is 0 Å². The van der Waals surface area contributed by atoms with Gasteiger partial charge in [-0.3, -0.25) is 0 Å². The Kier molecular flexibility index (Phi) is 3.06. The molecule has 0 bridgehead atoms. The third kappa shape index (κ3) is 1.81. The molecule has 0 radical (unpaired) electrons. The molecule has 2 aliphatic carbocycles. The van der Waals surface area contributed by atoms with E-state index in [0.717, 1.165) is 31.3 Å². The number of fused-ring (bicyclic) bond motifs is 3. The normalized spacial score (nSPS) is 17.4. The fourth-order valence-corrected chi connectivity index (χ4v) is 4.21. The Morgan fingerprint density at radius 3 is 2.55 bits per heavy atom. The highest BCUT2D eigenvalue weighted by atomic mass is 127. The van der Waals surface area contributed by atoms with E-state index in [0.29, 0.717) is 0 Å². The van der Waals surface area contributed by atoms with E-state index in [1.165, 1.54) is 30.5 Å². The molecule has 1 aromatic heterocycles. The Morgan fingerprint density at radius 2 is 1.75 bits per heavy atom. The van der Waals surface area contributed by atoms with Gasteiger partial charge in [0.2, 0.25) is 0 Å². The zero-order valence-corrected chi connectivity index (χ0v) is 13.3. The van der Waals surface area contributed by atoms with E-state index in [9.17, 15) is 0 Å². The summed E-state index contributed by atoms with van der Waals surface area (Å²) in [6.07, 6.45) is 17.9. The molecule has 20 heavy (non-hydrogen) atoms. The van der Waals surface area contributed by atoms with Gasteiger partial charge in [-0.05, 0) is 70.4 Å². The topological polar surface area (TPSA) is 13.1 Å². The third-order valence-corrected chi connectivity index (χ3v) is 5.20. The van der Waals surface area contributed by atoms with Crippen LogP contribution in [0.15, 0.2) is 35.0 Å². The molecule has 0 N–H and O–H groups in total. The van der Waals surface area contributed by atoms with E-state index < -0.39 is 0 Å². The minimum Gasteiger partial charge on any atom is -0.464 e. The number of hydrogen-bond donors (Lipinski definition) is 0. The van der Waals surface area contributed by atoms with Crippen molar-refractivity contribution in [3.8, 4) is 0 Å². The van der Waals surface area contributed by atoms with Gasteiger partial charge < -0.3 is 4.42 Å². The Labute approximate surface area is 131 Å². The molecule has 0 atom stereocenters. The predicted octanol–water partition coefficient (Wildman–Crippen LogP) is 4.13. The van der Waals surface area contributed by atoms with Crippen LogP contribution >= 0.6 is 22.6 Å². The van der Waals surface area contributed by atoms with Crippen molar-refractivity contribution >= 4 is 51.3 Å². The van der Waals surface area contributed by atoms with Gasteiger partial charge in [0.05, 0.1) is 6.26 Å². The molecule has 0 saturated heterocycles. The van der Waals surface area contributed by atoms with Gasteiger partial charge in [-0.25, -0.2) is 0 Å². The average molecular weight is 374 g/mol. The van der Waals surface area contributed by atoms with Crippen molar-refractivity contribution in [3.63, 3.8) is 0 Å². The standard InChI is InChI=1S/C18H15IO/c19-17-14-9-5-4-8-13(14)15-10-11-20-18(15)16(17)12-6-2-1-3-7-12/h2,6-11H,1,3-5H2. The largest absolute Gasteiger partial charge is 0.464 e. The highest BCUT2D eigenvalue weighted by Crippen LogP contribution is 2.30. The average Bonchev–Trinajstić information content (AvgIpc) is 2.98. The summed E-state index contributed by atoms with van der Waals surface area (Å²) in [6, 6.07) is 2.11. The Balaban J connectivity index is 2.17. The van der Waals surface area contributed by atoms with Crippen molar-refractivity contribution in [1.29, 1.82) is 0 Å². The molecule has 4 rings (SSSR count). The monoisotopic (exact) mass is 374 g/mol. The van der Waals surface area contributed by atoms with Crippen molar-refractivity contribution in [1.82, 2.24) is 0 Å². The van der Waals surface area contributed by atoms with E-state index in [1.54, 1.807) is 0 Å². The minimum atomic E-state index is 1.04. The zero-order valence-electron chi connectivity index (χ0n) is 11.2. The van der Waals surface area contributed by atoms with Gasteiger partial charge in [-0.2, -0.15) is 0 Å². The van der Waals surface area contributed by atoms with Crippen LogP contribution in [0.25, 0.3) is 28.7 Å². The zero-order chi connectivity index (χ0) is 13.5. The summed E-state index contributed by atoms with van der Waals surface area (Å²) in [7, 11) is 0. The van der Waals surface area contributed by atoms with Crippen LogP contribution in [0, 0.1) is 3.57 Å². The summed E-state index contributed by atoms with van der Waals surface area (Å²) in [5.41, 5.74) is 3.62. The molecule has 0 unspecified atom stereocenters. The molecule has 0 fully saturated rings. The van der Waals surface area contributed by atoms with Crippen LogP contribution in [0.1, 0.15) is 31.2 Å². The minimum absolute atomic E-state index is 1.04. The van der Waals surface area contributed by atoms with Crippen molar-refractivity contribution < 1.29 is 4.42 Å². The van der Waals surface area contributed by atoms with Crippen molar-refractivity contribution in [2.75, 3.05) is 0 Å². The van der Waals surface area contributed by atoms with Gasteiger partial charge in [0.25, 0.3) is 0 Å². The number of halogens is 1. The Hall–Kier alpha value is -1.29. The molecule has 0 aliphatic heterocycles. The third-order valence-electron chi connectivity index (χ3n) is 4.08. The molecule has 0 amide bonds. The van der Waals surface area contributed by atoms with E-state index in [4.69, 9.17) is 4.42 Å². The van der Waals surface area contributed by atoms with Gasteiger partial charge in [0.1, 0.15) is 5.58 Å². The van der Waals surface area contributed by atoms with Crippen LogP contribution in [0.4, 0.5) is 0 Å². The van der Waals surface area contributed by atoms with Crippen molar-refractivity contribution in [2.45, 2.75) is 25.7 Å². The second-order valence-corrected chi connectivity index (χ2v) is 6.38. The highest BCUT2D eigenvalue weighted by Gasteiger charge is 2.17. The summed E-state index contributed by atoms with van der Waals surface area (Å²) < 4.78 is 7.16. The first-order chi connectivity index (χ1) is 9.86. The SMILES string of the molecule is Ic1c(C2=CCCC=C2)c2occc2c2c1=CCCC=2. The summed E-state index contributed by atoms with van der Waals surface area (Å²) in [5, 5.41) is 4.00. The summed E-state index contributed by atoms with van der Waals surface area (Å²) in [6.45, 7) is 0. The van der Waals surface area contributed by atoms with Gasteiger partial charge in [0.15, 0.2) is 0 Å². The van der Waals surface area contributed by atoms with Gasteiger partial charge in [-0.15, -0.1) is 0 Å². The number of allylic oxidation sites excluding steroid dienone is 4. The number of rotatable bonds is 1. The lowest BCUT2D eigenvalue weighted by molar-refractivity contribution is 0.614. The summed E-state index contributed by atoms with van der Waals surface area (Å²) in [5.74, 6) is 0. The maximum absolute atomic E-state index is 5.84. The Morgan fingerprint density at radius 1 is 0.950 bits per heavy atom. The maximum atomic E-state index is 5.84. The van der Waals surface area contributed by atoms with Crippen LogP contribution in [0.5, 0.6) is 0 Å². The van der Waals surface area contributed by atoms with Gasteiger partial charge >= 0.3 is 0 Å². The molecule has 1 heterocycles. The highest BCUT2D eigenvalue weighted by molar-refractivity contribution is 14.1. The van der Waals surface area contributed by atoms with Crippen molar-refractivity contribution in [3.05, 3.63) is 50.1 Å². The summed E-state index contributed by atoms with van der Waals surface area (Å²) in [4.78, 5) is 0. The van der Waals surface area contributed by atoms with E-state index >= 15 is 0 Å². The molecule has 1 nitrogen and oxygen atoms in total. The molecular weight excluding hydrogens is 359 g/mol. The molecule has 100 valence electrons. The number of benzene rings is 1.